The topological polar surface area (TPSA) is 38.5 Å². The molecule has 0 aromatic heterocycles. The van der Waals surface area contributed by atoms with Gasteiger partial charge in [-0.15, -0.1) is 0 Å². The van der Waals surface area contributed by atoms with Crippen LogP contribution in [-0.2, 0) is 16.6 Å². The molecule has 1 aliphatic heterocycles. The zero-order valence-electron chi connectivity index (χ0n) is 15.6. The molecule has 0 unspecified atom stereocenters. The van der Waals surface area contributed by atoms with Crippen molar-refractivity contribution in [3.8, 4) is 0 Å². The molecule has 0 spiro atoms. The summed E-state index contributed by atoms with van der Waals surface area (Å²) in [6.45, 7) is 12.2. The lowest BCUT2D eigenvalue weighted by Crippen LogP contribution is -2.38. The van der Waals surface area contributed by atoms with E-state index in [1.165, 1.54) is 28.8 Å². The standard InChI is InChI=1S/C20H34N2O/c1-6-15-13-17-19(14-16(15)18(21)7-2)22(10-8-12-23-5)11-9-20(17,3)4/h13-14,18H,6-12,21H2,1-5H3/t18-/m1/s1. The van der Waals surface area contributed by atoms with Crippen molar-refractivity contribution in [3.05, 3.63) is 28.8 Å². The van der Waals surface area contributed by atoms with E-state index in [0.717, 1.165) is 39.0 Å². The normalized spacial score (nSPS) is 17.9. The van der Waals surface area contributed by atoms with Gasteiger partial charge in [0.2, 0.25) is 0 Å². The predicted molar refractivity (Wildman–Crippen MR) is 99.4 cm³/mol. The zero-order valence-corrected chi connectivity index (χ0v) is 15.6. The minimum atomic E-state index is 0.140. The molecule has 1 aromatic carbocycles. The lowest BCUT2D eigenvalue weighted by Gasteiger charge is -2.41. The smallest absolute Gasteiger partial charge is 0.0479 e. The van der Waals surface area contributed by atoms with Gasteiger partial charge in [0.25, 0.3) is 0 Å². The molecule has 0 amide bonds. The van der Waals surface area contributed by atoms with Crippen LogP contribution in [0.3, 0.4) is 0 Å². The maximum atomic E-state index is 6.40. The molecule has 1 atom stereocenters. The predicted octanol–water partition coefficient (Wildman–Crippen LogP) is 4.18. The molecular weight excluding hydrogens is 284 g/mol. The van der Waals surface area contributed by atoms with Gasteiger partial charge in [-0.2, -0.15) is 0 Å². The molecular formula is C20H34N2O. The molecule has 0 saturated heterocycles. The highest BCUT2D eigenvalue weighted by atomic mass is 16.5. The van der Waals surface area contributed by atoms with Gasteiger partial charge in [0.05, 0.1) is 0 Å². The molecule has 0 saturated carbocycles. The quantitative estimate of drug-likeness (QED) is 0.766. The molecule has 3 nitrogen and oxygen atoms in total. The van der Waals surface area contributed by atoms with E-state index in [1.807, 2.05) is 0 Å². The van der Waals surface area contributed by atoms with Crippen molar-refractivity contribution in [1.29, 1.82) is 0 Å². The Labute approximate surface area is 142 Å². The molecule has 1 aliphatic rings. The second-order valence-electron chi connectivity index (χ2n) is 7.40. The van der Waals surface area contributed by atoms with Crippen molar-refractivity contribution in [2.75, 3.05) is 31.7 Å². The number of benzene rings is 1. The van der Waals surface area contributed by atoms with Gasteiger partial charge < -0.3 is 15.4 Å². The Morgan fingerprint density at radius 1 is 1.30 bits per heavy atom. The molecule has 1 heterocycles. The molecule has 2 rings (SSSR count). The van der Waals surface area contributed by atoms with E-state index in [0.29, 0.717) is 0 Å². The van der Waals surface area contributed by atoms with Crippen molar-refractivity contribution in [2.45, 2.75) is 64.8 Å². The number of hydrogen-bond acceptors (Lipinski definition) is 3. The Bertz CT molecular complexity index is 525. The first-order chi connectivity index (χ1) is 10.9. The molecule has 0 bridgehead atoms. The number of fused-ring (bicyclic) bond motifs is 1. The van der Waals surface area contributed by atoms with E-state index < -0.39 is 0 Å². The van der Waals surface area contributed by atoms with Crippen LogP contribution in [0.25, 0.3) is 0 Å². The van der Waals surface area contributed by atoms with Gasteiger partial charge in [0.15, 0.2) is 0 Å². The van der Waals surface area contributed by atoms with Crippen molar-refractivity contribution >= 4 is 5.69 Å². The number of anilines is 1. The Balaban J connectivity index is 2.44. The summed E-state index contributed by atoms with van der Waals surface area (Å²) in [5.74, 6) is 0. The molecule has 0 aliphatic carbocycles. The Kier molecular flexibility index (Phi) is 6.10. The third kappa shape index (κ3) is 3.89. The van der Waals surface area contributed by atoms with Crippen molar-refractivity contribution in [3.63, 3.8) is 0 Å². The molecule has 2 N–H and O–H groups in total. The Morgan fingerprint density at radius 3 is 2.65 bits per heavy atom. The number of nitrogens with zero attached hydrogens (tertiary/aromatic N) is 1. The maximum absolute atomic E-state index is 6.40. The summed E-state index contributed by atoms with van der Waals surface area (Å²) in [5, 5.41) is 0. The number of rotatable bonds is 7. The van der Waals surface area contributed by atoms with Crippen LogP contribution in [0.4, 0.5) is 5.69 Å². The average Bonchev–Trinajstić information content (AvgIpc) is 2.55. The van der Waals surface area contributed by atoms with E-state index in [2.05, 4.69) is 44.7 Å². The minimum Gasteiger partial charge on any atom is -0.385 e. The Morgan fingerprint density at radius 2 is 2.04 bits per heavy atom. The molecule has 23 heavy (non-hydrogen) atoms. The number of ether oxygens (including phenoxy) is 1. The fourth-order valence-corrected chi connectivity index (χ4v) is 3.63. The van der Waals surface area contributed by atoms with E-state index in [1.54, 1.807) is 7.11 Å². The van der Waals surface area contributed by atoms with E-state index >= 15 is 0 Å². The van der Waals surface area contributed by atoms with Gasteiger partial charge in [0.1, 0.15) is 0 Å². The van der Waals surface area contributed by atoms with Crippen molar-refractivity contribution in [2.24, 2.45) is 5.73 Å². The fourth-order valence-electron chi connectivity index (χ4n) is 3.63. The summed E-state index contributed by atoms with van der Waals surface area (Å²) >= 11 is 0. The van der Waals surface area contributed by atoms with E-state index in [4.69, 9.17) is 10.5 Å². The number of hydrogen-bond donors (Lipinski definition) is 1. The monoisotopic (exact) mass is 318 g/mol. The maximum Gasteiger partial charge on any atom is 0.0479 e. The largest absolute Gasteiger partial charge is 0.385 e. The molecule has 130 valence electrons. The summed E-state index contributed by atoms with van der Waals surface area (Å²) < 4.78 is 5.23. The second-order valence-corrected chi connectivity index (χ2v) is 7.40. The average molecular weight is 319 g/mol. The number of nitrogens with two attached hydrogens (primary N) is 1. The second kappa shape index (κ2) is 7.67. The van der Waals surface area contributed by atoms with Crippen LogP contribution in [0, 0.1) is 0 Å². The minimum absolute atomic E-state index is 0.140. The summed E-state index contributed by atoms with van der Waals surface area (Å²) in [5.41, 5.74) is 12.3. The van der Waals surface area contributed by atoms with Gasteiger partial charge in [-0.05, 0) is 53.9 Å². The van der Waals surface area contributed by atoms with Crippen molar-refractivity contribution in [1.82, 2.24) is 0 Å². The van der Waals surface area contributed by atoms with E-state index in [-0.39, 0.29) is 11.5 Å². The van der Waals surface area contributed by atoms with Gasteiger partial charge in [-0.25, -0.2) is 0 Å². The third-order valence-corrected chi connectivity index (χ3v) is 5.33. The highest BCUT2D eigenvalue weighted by molar-refractivity contribution is 5.62. The SMILES string of the molecule is CCc1cc2c(cc1[C@H](N)CC)N(CCCOC)CCC2(C)C. The fraction of sp³-hybridized carbons (Fsp3) is 0.700. The number of methoxy groups -OCH3 is 1. The van der Waals surface area contributed by atoms with Gasteiger partial charge in [-0.3, -0.25) is 0 Å². The highest BCUT2D eigenvalue weighted by Crippen LogP contribution is 2.42. The van der Waals surface area contributed by atoms with Crippen LogP contribution in [-0.4, -0.2) is 26.8 Å². The summed E-state index contributed by atoms with van der Waals surface area (Å²) in [7, 11) is 1.78. The van der Waals surface area contributed by atoms with Crippen LogP contribution in [0.1, 0.15) is 69.7 Å². The van der Waals surface area contributed by atoms with E-state index in [9.17, 15) is 0 Å². The van der Waals surface area contributed by atoms with Gasteiger partial charge in [-0.1, -0.05) is 33.8 Å². The van der Waals surface area contributed by atoms with Crippen LogP contribution >= 0.6 is 0 Å². The summed E-state index contributed by atoms with van der Waals surface area (Å²) in [6.07, 6.45) is 4.31. The van der Waals surface area contributed by atoms with Crippen LogP contribution in [0.5, 0.6) is 0 Å². The zero-order chi connectivity index (χ0) is 17.0. The first-order valence-electron chi connectivity index (χ1n) is 9.11. The van der Waals surface area contributed by atoms with Crippen LogP contribution in [0.2, 0.25) is 0 Å². The lowest BCUT2D eigenvalue weighted by molar-refractivity contribution is 0.195. The highest BCUT2D eigenvalue weighted by Gasteiger charge is 2.32. The molecule has 1 aromatic rings. The Hall–Kier alpha value is -1.06. The third-order valence-electron chi connectivity index (χ3n) is 5.33. The first-order valence-corrected chi connectivity index (χ1v) is 9.11. The molecule has 3 heteroatoms. The van der Waals surface area contributed by atoms with Crippen molar-refractivity contribution < 1.29 is 4.74 Å². The molecule has 0 radical (unpaired) electrons. The lowest BCUT2D eigenvalue weighted by atomic mass is 9.75. The summed E-state index contributed by atoms with van der Waals surface area (Å²) in [6, 6.07) is 4.96. The first kappa shape index (κ1) is 18.3. The number of aryl methyl sites for hydroxylation is 1. The van der Waals surface area contributed by atoms with Crippen LogP contribution < -0.4 is 10.6 Å². The van der Waals surface area contributed by atoms with Gasteiger partial charge in [0, 0.05) is 38.5 Å². The van der Waals surface area contributed by atoms with Gasteiger partial charge >= 0.3 is 0 Å². The molecule has 0 fully saturated rings. The van der Waals surface area contributed by atoms with Crippen LogP contribution in [0.15, 0.2) is 12.1 Å². The summed E-state index contributed by atoms with van der Waals surface area (Å²) in [4.78, 5) is 2.53.